The van der Waals surface area contributed by atoms with Crippen molar-refractivity contribution in [2.24, 2.45) is 5.41 Å². The average Bonchev–Trinajstić information content (AvgIpc) is 3.13. The van der Waals surface area contributed by atoms with Crippen LogP contribution in [0.15, 0.2) is 60.9 Å². The van der Waals surface area contributed by atoms with E-state index in [0.717, 1.165) is 50.2 Å². The van der Waals surface area contributed by atoms with E-state index in [1.165, 1.54) is 21.9 Å². The maximum Gasteiger partial charge on any atom is 0.133 e. The van der Waals surface area contributed by atoms with Gasteiger partial charge in [-0.15, -0.1) is 0 Å². The molecule has 0 fully saturated rings. The van der Waals surface area contributed by atoms with Gasteiger partial charge in [0, 0.05) is 16.2 Å². The molecular formula is C30H24FN3. The zero-order valence-corrected chi connectivity index (χ0v) is 19.7. The largest absolute Gasteiger partial charge is 0.307 e. The molecule has 0 aliphatic rings. The summed E-state index contributed by atoms with van der Waals surface area (Å²) in [5.41, 5.74) is 7.49. The smallest absolute Gasteiger partial charge is 0.133 e. The van der Waals surface area contributed by atoms with Crippen LogP contribution in [-0.2, 0) is 6.42 Å². The molecule has 0 saturated heterocycles. The van der Waals surface area contributed by atoms with E-state index in [2.05, 4.69) is 61.3 Å². The minimum atomic E-state index is -0.201. The lowest BCUT2D eigenvalue weighted by atomic mass is 9.87. The first-order valence-corrected chi connectivity index (χ1v) is 11.8. The molecule has 0 aliphatic carbocycles. The van der Waals surface area contributed by atoms with Crippen molar-refractivity contribution in [3.8, 4) is 0 Å². The lowest BCUT2D eigenvalue weighted by Crippen LogP contribution is -2.09. The Bertz CT molecular complexity index is 1940. The Morgan fingerprint density at radius 1 is 0.853 bits per heavy atom. The average molecular weight is 446 g/mol. The molecule has 4 heteroatoms. The monoisotopic (exact) mass is 445 g/mol. The molecule has 7 aromatic rings. The van der Waals surface area contributed by atoms with Crippen LogP contribution in [0.5, 0.6) is 0 Å². The third-order valence-electron chi connectivity index (χ3n) is 7.15. The summed E-state index contributed by atoms with van der Waals surface area (Å²) in [5.74, 6) is -0.201. The van der Waals surface area contributed by atoms with E-state index in [1.807, 2.05) is 18.2 Å². The number of aromatic nitrogens is 3. The van der Waals surface area contributed by atoms with Gasteiger partial charge in [-0.1, -0.05) is 45.0 Å². The number of nitrogens with zero attached hydrogens (tertiary/aromatic N) is 3. The summed E-state index contributed by atoms with van der Waals surface area (Å²) in [6, 6.07) is 18.4. The van der Waals surface area contributed by atoms with E-state index in [-0.39, 0.29) is 11.2 Å². The summed E-state index contributed by atoms with van der Waals surface area (Å²) in [5, 5.41) is 6.06. The molecule has 166 valence electrons. The zero-order chi connectivity index (χ0) is 23.4. The maximum absolute atomic E-state index is 15.1. The van der Waals surface area contributed by atoms with Crippen molar-refractivity contribution in [3.63, 3.8) is 0 Å². The van der Waals surface area contributed by atoms with E-state index in [1.54, 1.807) is 18.5 Å². The minimum absolute atomic E-state index is 0.201. The summed E-state index contributed by atoms with van der Waals surface area (Å²) in [4.78, 5) is 9.32. The normalized spacial score (nSPS) is 13.0. The molecule has 0 radical (unpaired) electrons. The standard InChI is InChI=1S/C30H24FN3/c1-16-19-9-8-17(14-30(2,3)4)12-18(19)13-21-27-26-23(32-15-33-27)11-10-20-25-22(31)6-5-7-24(25)34(28(16)21)29(20)26/h5-13,15H,14H2,1-4H3. The molecule has 0 N–H and O–H groups in total. The number of halogens is 1. The van der Waals surface area contributed by atoms with Crippen LogP contribution in [0.1, 0.15) is 31.9 Å². The number of hydrogen-bond donors (Lipinski definition) is 0. The number of aryl methyl sites for hydroxylation is 1. The molecule has 0 atom stereocenters. The Kier molecular flexibility index (Phi) is 3.71. The summed E-state index contributed by atoms with van der Waals surface area (Å²) < 4.78 is 17.4. The van der Waals surface area contributed by atoms with Crippen LogP contribution in [0.4, 0.5) is 4.39 Å². The van der Waals surface area contributed by atoms with Gasteiger partial charge in [0.25, 0.3) is 0 Å². The highest BCUT2D eigenvalue weighted by atomic mass is 19.1. The zero-order valence-electron chi connectivity index (χ0n) is 19.7. The Morgan fingerprint density at radius 3 is 2.50 bits per heavy atom. The molecule has 0 saturated carbocycles. The lowest BCUT2D eigenvalue weighted by molar-refractivity contribution is 0.411. The fourth-order valence-corrected chi connectivity index (χ4v) is 5.91. The molecular weight excluding hydrogens is 421 g/mol. The van der Waals surface area contributed by atoms with Gasteiger partial charge in [-0.05, 0) is 71.0 Å². The topological polar surface area (TPSA) is 30.2 Å². The predicted octanol–water partition coefficient (Wildman–Crippen LogP) is 7.97. The summed E-state index contributed by atoms with van der Waals surface area (Å²) in [6.45, 7) is 8.98. The number of benzene rings is 4. The summed E-state index contributed by atoms with van der Waals surface area (Å²) in [6.07, 6.45) is 2.66. The molecule has 0 unspecified atom stereocenters. The fourth-order valence-electron chi connectivity index (χ4n) is 5.91. The SMILES string of the molecule is Cc1c2ccc(CC(C)(C)C)cc2cc2c3ncnc4ccc5c6c(F)cccc6n(c12)c5c43. The highest BCUT2D eigenvalue weighted by molar-refractivity contribution is 6.28. The number of rotatable bonds is 1. The van der Waals surface area contributed by atoms with Gasteiger partial charge in [0.15, 0.2) is 0 Å². The molecule has 0 bridgehead atoms. The van der Waals surface area contributed by atoms with Crippen LogP contribution in [0.3, 0.4) is 0 Å². The van der Waals surface area contributed by atoms with Gasteiger partial charge in [0.2, 0.25) is 0 Å². The Hall–Kier alpha value is -3.79. The van der Waals surface area contributed by atoms with Crippen LogP contribution >= 0.6 is 0 Å². The van der Waals surface area contributed by atoms with Gasteiger partial charge in [0.05, 0.1) is 33.0 Å². The van der Waals surface area contributed by atoms with Crippen LogP contribution in [0.2, 0.25) is 0 Å². The summed E-state index contributed by atoms with van der Waals surface area (Å²) in [7, 11) is 0. The predicted molar refractivity (Wildman–Crippen MR) is 140 cm³/mol. The van der Waals surface area contributed by atoms with Gasteiger partial charge in [-0.2, -0.15) is 0 Å². The Morgan fingerprint density at radius 2 is 1.68 bits per heavy atom. The second kappa shape index (κ2) is 6.41. The van der Waals surface area contributed by atoms with E-state index in [4.69, 9.17) is 4.98 Å². The molecule has 0 aliphatic heterocycles. The lowest BCUT2D eigenvalue weighted by Gasteiger charge is -2.19. The van der Waals surface area contributed by atoms with Crippen molar-refractivity contribution < 1.29 is 4.39 Å². The van der Waals surface area contributed by atoms with E-state index < -0.39 is 0 Å². The second-order valence-electron chi connectivity index (χ2n) is 10.7. The molecule has 3 nitrogen and oxygen atoms in total. The number of pyridine rings is 1. The fraction of sp³-hybridized carbons (Fsp3) is 0.200. The van der Waals surface area contributed by atoms with Crippen molar-refractivity contribution in [2.45, 2.75) is 34.1 Å². The van der Waals surface area contributed by atoms with Crippen LogP contribution < -0.4 is 0 Å². The highest BCUT2D eigenvalue weighted by Crippen LogP contribution is 2.43. The second-order valence-corrected chi connectivity index (χ2v) is 10.7. The minimum Gasteiger partial charge on any atom is -0.307 e. The first-order chi connectivity index (χ1) is 16.3. The molecule has 0 spiro atoms. The van der Waals surface area contributed by atoms with Crippen molar-refractivity contribution >= 4 is 59.9 Å². The Labute approximate surface area is 196 Å². The van der Waals surface area contributed by atoms with Gasteiger partial charge >= 0.3 is 0 Å². The molecule has 34 heavy (non-hydrogen) atoms. The first-order valence-electron chi connectivity index (χ1n) is 11.8. The quantitative estimate of drug-likeness (QED) is 0.189. The van der Waals surface area contributed by atoms with Crippen molar-refractivity contribution in [1.29, 1.82) is 0 Å². The van der Waals surface area contributed by atoms with E-state index in [9.17, 15) is 0 Å². The van der Waals surface area contributed by atoms with Gasteiger partial charge in [-0.3, -0.25) is 0 Å². The van der Waals surface area contributed by atoms with Crippen molar-refractivity contribution in [2.75, 3.05) is 0 Å². The number of fused-ring (bicyclic) bond motifs is 7. The van der Waals surface area contributed by atoms with Crippen LogP contribution in [0, 0.1) is 18.2 Å². The van der Waals surface area contributed by atoms with E-state index in [0.29, 0.717) is 5.39 Å². The molecule has 3 aromatic heterocycles. The molecule has 0 amide bonds. The third-order valence-corrected chi connectivity index (χ3v) is 7.15. The van der Waals surface area contributed by atoms with Crippen LogP contribution in [0.25, 0.3) is 59.9 Å². The molecule has 7 rings (SSSR count). The van der Waals surface area contributed by atoms with Gasteiger partial charge < -0.3 is 4.40 Å². The maximum atomic E-state index is 15.1. The van der Waals surface area contributed by atoms with E-state index >= 15 is 4.39 Å². The van der Waals surface area contributed by atoms with Crippen LogP contribution in [-0.4, -0.2) is 14.4 Å². The first kappa shape index (κ1) is 19.7. The van der Waals surface area contributed by atoms with Crippen molar-refractivity contribution in [3.05, 3.63) is 77.9 Å². The highest BCUT2D eigenvalue weighted by Gasteiger charge is 2.22. The van der Waals surface area contributed by atoms with Gasteiger partial charge in [0.1, 0.15) is 12.1 Å². The third kappa shape index (κ3) is 2.51. The summed E-state index contributed by atoms with van der Waals surface area (Å²) >= 11 is 0. The molecule has 3 heterocycles. The molecule has 4 aromatic carbocycles. The van der Waals surface area contributed by atoms with Gasteiger partial charge in [-0.25, -0.2) is 14.4 Å². The Balaban J connectivity index is 1.76. The van der Waals surface area contributed by atoms with Crippen molar-refractivity contribution in [1.82, 2.24) is 14.4 Å². The number of hydrogen-bond acceptors (Lipinski definition) is 2.